The van der Waals surface area contributed by atoms with Crippen LogP contribution in [0.3, 0.4) is 0 Å². The summed E-state index contributed by atoms with van der Waals surface area (Å²) >= 11 is 0. The van der Waals surface area contributed by atoms with Crippen LogP contribution < -0.4 is 0 Å². The monoisotopic (exact) mass is 180 g/mol. The molecule has 1 aromatic rings. The van der Waals surface area contributed by atoms with Crippen LogP contribution in [0.1, 0.15) is 28.8 Å². The molecule has 0 spiro atoms. The zero-order valence-corrected chi connectivity index (χ0v) is 7.01. The molecule has 1 aliphatic carbocycles. The van der Waals surface area contributed by atoms with Crippen LogP contribution in [-0.4, -0.2) is 10.9 Å². The van der Waals surface area contributed by atoms with Gasteiger partial charge in [-0.25, -0.2) is 4.39 Å². The molecule has 0 saturated carbocycles. The van der Waals surface area contributed by atoms with Crippen molar-refractivity contribution in [2.75, 3.05) is 0 Å². The molecule has 68 valence electrons. The number of carbonyl (C=O) groups excluding carboxylic acids is 1. The van der Waals surface area contributed by atoms with E-state index in [-0.39, 0.29) is 11.5 Å². The first-order valence-electron chi connectivity index (χ1n) is 4.23. The summed E-state index contributed by atoms with van der Waals surface area (Å²) < 4.78 is 13.2. The van der Waals surface area contributed by atoms with E-state index in [1.807, 2.05) is 0 Å². The van der Waals surface area contributed by atoms with Crippen LogP contribution in [0.25, 0.3) is 0 Å². The van der Waals surface area contributed by atoms with E-state index >= 15 is 0 Å². The van der Waals surface area contributed by atoms with Crippen molar-refractivity contribution in [2.45, 2.75) is 19.3 Å². The highest BCUT2D eigenvalue weighted by molar-refractivity contribution is 5.98. The second-order valence-electron chi connectivity index (χ2n) is 3.23. The normalized spacial score (nSPS) is 15.6. The molecule has 2 rings (SSSR count). The van der Waals surface area contributed by atoms with Gasteiger partial charge in [0.15, 0.2) is 5.78 Å². The van der Waals surface area contributed by atoms with E-state index in [2.05, 4.69) is 0 Å². The van der Waals surface area contributed by atoms with Gasteiger partial charge in [0.05, 0.1) is 0 Å². The number of fused-ring (bicyclic) bond motifs is 1. The Labute approximate surface area is 75.0 Å². The van der Waals surface area contributed by atoms with Gasteiger partial charge in [-0.3, -0.25) is 4.79 Å². The molecule has 0 bridgehead atoms. The summed E-state index contributed by atoms with van der Waals surface area (Å²) in [4.78, 5) is 11.3. The number of aromatic hydroxyl groups is 1. The summed E-state index contributed by atoms with van der Waals surface area (Å²) in [7, 11) is 0. The minimum absolute atomic E-state index is 0.0731. The summed E-state index contributed by atoms with van der Waals surface area (Å²) in [6.07, 6.45) is 1.75. The third-order valence-corrected chi connectivity index (χ3v) is 2.31. The molecule has 0 amide bonds. The second-order valence-corrected chi connectivity index (χ2v) is 3.23. The first-order chi connectivity index (χ1) is 6.18. The molecular weight excluding hydrogens is 171 g/mol. The Kier molecular flexibility index (Phi) is 1.79. The molecule has 0 saturated heterocycles. The van der Waals surface area contributed by atoms with Gasteiger partial charge < -0.3 is 5.11 Å². The maximum Gasteiger partial charge on any atom is 0.163 e. The fourth-order valence-corrected chi connectivity index (χ4v) is 1.69. The number of hydrogen-bond acceptors (Lipinski definition) is 2. The SMILES string of the molecule is O=C1CCCc2c(F)cc(O)cc21. The van der Waals surface area contributed by atoms with Crippen molar-refractivity contribution in [3.63, 3.8) is 0 Å². The number of benzene rings is 1. The fourth-order valence-electron chi connectivity index (χ4n) is 1.69. The molecule has 0 heterocycles. The molecule has 3 heteroatoms. The Morgan fingerprint density at radius 3 is 2.85 bits per heavy atom. The molecule has 1 N–H and O–H groups in total. The molecule has 0 unspecified atom stereocenters. The highest BCUT2D eigenvalue weighted by Gasteiger charge is 2.20. The Balaban J connectivity index is 2.63. The Hall–Kier alpha value is -1.38. The fraction of sp³-hybridized carbons (Fsp3) is 0.300. The number of phenols is 1. The molecule has 0 aromatic heterocycles. The van der Waals surface area contributed by atoms with Gasteiger partial charge in [0.2, 0.25) is 0 Å². The predicted octanol–water partition coefficient (Wildman–Crippen LogP) is 2.05. The molecule has 13 heavy (non-hydrogen) atoms. The largest absolute Gasteiger partial charge is 0.508 e. The highest BCUT2D eigenvalue weighted by Crippen LogP contribution is 2.27. The standard InChI is InChI=1S/C10H9FO2/c11-9-5-6(12)4-8-7(9)2-1-3-10(8)13/h4-5,12H,1-3H2. The smallest absolute Gasteiger partial charge is 0.163 e. The molecule has 1 aliphatic rings. The van der Waals surface area contributed by atoms with E-state index in [0.29, 0.717) is 30.4 Å². The zero-order chi connectivity index (χ0) is 9.42. The first kappa shape index (κ1) is 8.23. The average molecular weight is 180 g/mol. The van der Waals surface area contributed by atoms with E-state index in [0.717, 1.165) is 6.07 Å². The van der Waals surface area contributed by atoms with Gasteiger partial charge in [-0.05, 0) is 24.5 Å². The van der Waals surface area contributed by atoms with Crippen LogP contribution in [-0.2, 0) is 6.42 Å². The van der Waals surface area contributed by atoms with Crippen LogP contribution in [0.5, 0.6) is 5.75 Å². The first-order valence-corrected chi connectivity index (χ1v) is 4.23. The van der Waals surface area contributed by atoms with E-state index in [1.54, 1.807) is 0 Å². The van der Waals surface area contributed by atoms with Crippen LogP contribution >= 0.6 is 0 Å². The van der Waals surface area contributed by atoms with Crippen molar-refractivity contribution >= 4 is 5.78 Å². The van der Waals surface area contributed by atoms with Gasteiger partial charge in [-0.1, -0.05) is 0 Å². The van der Waals surface area contributed by atoms with Crippen molar-refractivity contribution < 1.29 is 14.3 Å². The van der Waals surface area contributed by atoms with Crippen molar-refractivity contribution in [3.05, 3.63) is 29.1 Å². The minimum atomic E-state index is -0.469. The molecule has 0 radical (unpaired) electrons. The van der Waals surface area contributed by atoms with Crippen molar-refractivity contribution in [2.24, 2.45) is 0 Å². The number of carbonyl (C=O) groups is 1. The third kappa shape index (κ3) is 1.30. The molecule has 0 atom stereocenters. The van der Waals surface area contributed by atoms with E-state index in [4.69, 9.17) is 5.11 Å². The van der Waals surface area contributed by atoms with E-state index in [1.165, 1.54) is 6.07 Å². The molecular formula is C10H9FO2. The van der Waals surface area contributed by atoms with Crippen molar-refractivity contribution in [3.8, 4) is 5.75 Å². The predicted molar refractivity (Wildman–Crippen MR) is 45.3 cm³/mol. The van der Waals surface area contributed by atoms with E-state index < -0.39 is 5.82 Å². The lowest BCUT2D eigenvalue weighted by molar-refractivity contribution is 0.0971. The topological polar surface area (TPSA) is 37.3 Å². The summed E-state index contributed by atoms with van der Waals surface area (Å²) in [5, 5.41) is 9.09. The van der Waals surface area contributed by atoms with Gasteiger partial charge in [0.1, 0.15) is 11.6 Å². The molecule has 0 fully saturated rings. The quantitative estimate of drug-likeness (QED) is 0.663. The number of Topliss-reactive ketones (excluding diaryl/α,β-unsaturated/α-hetero) is 1. The average Bonchev–Trinajstić information content (AvgIpc) is 2.07. The lowest BCUT2D eigenvalue weighted by Crippen LogP contribution is -2.12. The second kappa shape index (κ2) is 2.83. The lowest BCUT2D eigenvalue weighted by Gasteiger charge is -2.15. The van der Waals surface area contributed by atoms with Crippen LogP contribution in [0.4, 0.5) is 4.39 Å². The highest BCUT2D eigenvalue weighted by atomic mass is 19.1. The molecule has 2 nitrogen and oxygen atoms in total. The van der Waals surface area contributed by atoms with Crippen LogP contribution in [0.15, 0.2) is 12.1 Å². The van der Waals surface area contributed by atoms with Crippen LogP contribution in [0.2, 0.25) is 0 Å². The molecule has 0 aliphatic heterocycles. The molecule has 1 aromatic carbocycles. The number of ketones is 1. The maximum absolute atomic E-state index is 13.2. The minimum Gasteiger partial charge on any atom is -0.508 e. The summed E-state index contributed by atoms with van der Waals surface area (Å²) in [5.41, 5.74) is 0.804. The number of rotatable bonds is 0. The van der Waals surface area contributed by atoms with Gasteiger partial charge >= 0.3 is 0 Å². The van der Waals surface area contributed by atoms with Crippen molar-refractivity contribution in [1.29, 1.82) is 0 Å². The van der Waals surface area contributed by atoms with Gasteiger partial charge in [-0.2, -0.15) is 0 Å². The Morgan fingerprint density at radius 1 is 1.31 bits per heavy atom. The zero-order valence-electron chi connectivity index (χ0n) is 7.01. The van der Waals surface area contributed by atoms with Crippen molar-refractivity contribution in [1.82, 2.24) is 0 Å². The third-order valence-electron chi connectivity index (χ3n) is 2.31. The van der Waals surface area contributed by atoms with Crippen LogP contribution in [0, 0.1) is 5.82 Å². The summed E-state index contributed by atoms with van der Waals surface area (Å²) in [5.74, 6) is -0.717. The number of hydrogen-bond donors (Lipinski definition) is 1. The number of halogens is 1. The maximum atomic E-state index is 13.2. The van der Waals surface area contributed by atoms with E-state index in [9.17, 15) is 9.18 Å². The number of phenolic OH excluding ortho intramolecular Hbond substituents is 1. The van der Waals surface area contributed by atoms with Gasteiger partial charge in [0, 0.05) is 18.1 Å². The van der Waals surface area contributed by atoms with Gasteiger partial charge in [-0.15, -0.1) is 0 Å². The Bertz CT molecular complexity index is 371. The Morgan fingerprint density at radius 2 is 2.08 bits per heavy atom. The lowest BCUT2D eigenvalue weighted by atomic mass is 9.90. The summed E-state index contributed by atoms with van der Waals surface area (Å²) in [6.45, 7) is 0. The van der Waals surface area contributed by atoms with Gasteiger partial charge in [0.25, 0.3) is 0 Å². The summed E-state index contributed by atoms with van der Waals surface area (Å²) in [6, 6.07) is 2.40.